The van der Waals surface area contributed by atoms with Crippen molar-refractivity contribution in [3.05, 3.63) is 52.5 Å². The smallest absolute Gasteiger partial charge is 0.267 e. The Morgan fingerprint density at radius 2 is 2.11 bits per heavy atom. The average molecular weight is 311 g/mol. The third-order valence-electron chi connectivity index (χ3n) is 2.10. The van der Waals surface area contributed by atoms with Gasteiger partial charge in [0.05, 0.1) is 4.47 Å². The van der Waals surface area contributed by atoms with Crippen LogP contribution in [0, 0.1) is 5.82 Å². The highest BCUT2D eigenvalue weighted by Crippen LogP contribution is 2.30. The monoisotopic (exact) mass is 310 g/mol. The highest BCUT2D eigenvalue weighted by molar-refractivity contribution is 9.10. The maximum Gasteiger partial charge on any atom is 0.267 e. The number of nitrogens with two attached hydrogens (primary N) is 1. The van der Waals surface area contributed by atoms with Crippen LogP contribution < -0.4 is 10.5 Å². The lowest BCUT2D eigenvalue weighted by atomic mass is 10.3. The van der Waals surface area contributed by atoms with Gasteiger partial charge in [-0.15, -0.1) is 0 Å². The Labute approximate surface area is 111 Å². The summed E-state index contributed by atoms with van der Waals surface area (Å²) in [4.78, 5) is 14.7. The van der Waals surface area contributed by atoms with E-state index in [0.717, 1.165) is 0 Å². The summed E-state index contributed by atoms with van der Waals surface area (Å²) in [6, 6.07) is 7.00. The first-order valence-electron chi connectivity index (χ1n) is 4.95. The molecule has 18 heavy (non-hydrogen) atoms. The molecule has 0 spiro atoms. The molecule has 0 aliphatic rings. The largest absolute Gasteiger partial charge is 0.456 e. The van der Waals surface area contributed by atoms with E-state index in [2.05, 4.69) is 20.9 Å². The van der Waals surface area contributed by atoms with Crippen LogP contribution in [-0.2, 0) is 0 Å². The number of pyridine rings is 1. The number of carbonyl (C=O) groups is 1. The van der Waals surface area contributed by atoms with Gasteiger partial charge in [-0.25, -0.2) is 4.39 Å². The molecule has 2 rings (SSSR count). The highest BCUT2D eigenvalue weighted by Gasteiger charge is 2.07. The molecule has 1 aromatic carbocycles. The number of primary amides is 1. The van der Waals surface area contributed by atoms with E-state index in [1.54, 1.807) is 6.07 Å². The van der Waals surface area contributed by atoms with Gasteiger partial charge < -0.3 is 10.5 Å². The van der Waals surface area contributed by atoms with Gasteiger partial charge in [0.15, 0.2) is 0 Å². The van der Waals surface area contributed by atoms with Gasteiger partial charge in [-0.05, 0) is 34.1 Å². The molecular formula is C12H8BrFN2O2. The van der Waals surface area contributed by atoms with Gasteiger partial charge in [0.25, 0.3) is 5.91 Å². The van der Waals surface area contributed by atoms with Crippen LogP contribution in [0.15, 0.2) is 41.0 Å². The summed E-state index contributed by atoms with van der Waals surface area (Å²) in [6.45, 7) is 0. The van der Waals surface area contributed by atoms with Crippen molar-refractivity contribution in [2.75, 3.05) is 0 Å². The minimum Gasteiger partial charge on any atom is -0.456 e. The predicted molar refractivity (Wildman–Crippen MR) is 66.9 cm³/mol. The second kappa shape index (κ2) is 5.14. The summed E-state index contributed by atoms with van der Waals surface area (Å²) >= 11 is 3.24. The zero-order chi connectivity index (χ0) is 13.1. The Balaban J connectivity index is 2.31. The van der Waals surface area contributed by atoms with E-state index in [4.69, 9.17) is 10.5 Å². The predicted octanol–water partition coefficient (Wildman–Crippen LogP) is 2.87. The number of hydrogen-bond acceptors (Lipinski definition) is 3. The van der Waals surface area contributed by atoms with Crippen LogP contribution in [0.1, 0.15) is 10.5 Å². The number of carbonyl (C=O) groups excluding carboxylic acids is 1. The Kier molecular flexibility index (Phi) is 3.57. The summed E-state index contributed by atoms with van der Waals surface area (Å²) in [7, 11) is 0. The summed E-state index contributed by atoms with van der Waals surface area (Å²) in [6.07, 6.45) is 1.39. The number of ether oxygens (including phenoxy) is 1. The molecule has 0 bridgehead atoms. The fourth-order valence-corrected chi connectivity index (χ4v) is 1.62. The SMILES string of the molecule is NC(=O)c1cc(Oc2cc(F)ccc2Br)ccn1. The van der Waals surface area contributed by atoms with E-state index in [1.165, 1.54) is 30.5 Å². The zero-order valence-corrected chi connectivity index (χ0v) is 10.6. The molecule has 0 fully saturated rings. The van der Waals surface area contributed by atoms with Crippen molar-refractivity contribution in [2.24, 2.45) is 5.73 Å². The molecule has 92 valence electrons. The second-order valence-electron chi connectivity index (χ2n) is 3.42. The first-order chi connectivity index (χ1) is 8.56. The quantitative estimate of drug-likeness (QED) is 0.948. The second-order valence-corrected chi connectivity index (χ2v) is 4.27. The molecule has 0 aliphatic carbocycles. The molecule has 0 saturated heterocycles. The Bertz CT molecular complexity index is 604. The average Bonchev–Trinajstić information content (AvgIpc) is 2.34. The van der Waals surface area contributed by atoms with E-state index in [9.17, 15) is 9.18 Å². The third kappa shape index (κ3) is 2.84. The molecule has 0 aliphatic heterocycles. The number of aromatic nitrogens is 1. The molecule has 4 nitrogen and oxygen atoms in total. The minimum atomic E-state index is -0.654. The molecule has 0 saturated carbocycles. The summed E-state index contributed by atoms with van der Waals surface area (Å²) < 4.78 is 19.1. The topological polar surface area (TPSA) is 65.2 Å². The van der Waals surface area contributed by atoms with Crippen LogP contribution in [0.2, 0.25) is 0 Å². The molecule has 2 aromatic rings. The van der Waals surface area contributed by atoms with Crippen molar-refractivity contribution >= 4 is 21.8 Å². The van der Waals surface area contributed by atoms with Crippen LogP contribution >= 0.6 is 15.9 Å². The van der Waals surface area contributed by atoms with Crippen LogP contribution in [-0.4, -0.2) is 10.9 Å². The van der Waals surface area contributed by atoms with Gasteiger partial charge in [0, 0.05) is 18.3 Å². The first-order valence-corrected chi connectivity index (χ1v) is 5.74. The van der Waals surface area contributed by atoms with Crippen LogP contribution in [0.4, 0.5) is 4.39 Å². The zero-order valence-electron chi connectivity index (χ0n) is 9.06. The number of benzene rings is 1. The molecule has 6 heteroatoms. The molecule has 1 amide bonds. The minimum absolute atomic E-state index is 0.0834. The van der Waals surface area contributed by atoms with Crippen molar-refractivity contribution in [1.29, 1.82) is 0 Å². The van der Waals surface area contributed by atoms with Gasteiger partial charge >= 0.3 is 0 Å². The van der Waals surface area contributed by atoms with Crippen molar-refractivity contribution in [3.63, 3.8) is 0 Å². The molecule has 1 aromatic heterocycles. The lowest BCUT2D eigenvalue weighted by Crippen LogP contribution is -2.12. The fourth-order valence-electron chi connectivity index (χ4n) is 1.29. The van der Waals surface area contributed by atoms with E-state index < -0.39 is 11.7 Å². The molecule has 1 heterocycles. The molecular weight excluding hydrogens is 303 g/mol. The maximum atomic E-state index is 13.1. The maximum absolute atomic E-state index is 13.1. The molecule has 2 N–H and O–H groups in total. The standard InChI is InChI=1S/C12H8BrFN2O2/c13-9-2-1-7(14)5-11(9)18-8-3-4-16-10(6-8)12(15)17/h1-6H,(H2,15,17). The Hall–Kier alpha value is -1.95. The van der Waals surface area contributed by atoms with Crippen molar-refractivity contribution in [3.8, 4) is 11.5 Å². The molecule has 0 atom stereocenters. The van der Waals surface area contributed by atoms with Crippen LogP contribution in [0.25, 0.3) is 0 Å². The molecule has 0 radical (unpaired) electrons. The molecule has 0 unspecified atom stereocenters. The van der Waals surface area contributed by atoms with Gasteiger partial charge in [-0.1, -0.05) is 0 Å². The van der Waals surface area contributed by atoms with E-state index in [-0.39, 0.29) is 5.69 Å². The van der Waals surface area contributed by atoms with E-state index in [1.807, 2.05) is 0 Å². The summed E-state index contributed by atoms with van der Waals surface area (Å²) in [5.41, 5.74) is 5.19. The third-order valence-corrected chi connectivity index (χ3v) is 2.76. The van der Waals surface area contributed by atoms with Gasteiger partial charge in [0.2, 0.25) is 0 Å². The van der Waals surface area contributed by atoms with Gasteiger partial charge in [-0.3, -0.25) is 9.78 Å². The van der Waals surface area contributed by atoms with Crippen LogP contribution in [0.3, 0.4) is 0 Å². The first kappa shape index (κ1) is 12.5. The van der Waals surface area contributed by atoms with Crippen molar-refractivity contribution < 1.29 is 13.9 Å². The highest BCUT2D eigenvalue weighted by atomic mass is 79.9. The lowest BCUT2D eigenvalue weighted by molar-refractivity contribution is 0.0995. The number of halogens is 2. The normalized spacial score (nSPS) is 10.1. The summed E-state index contributed by atoms with van der Waals surface area (Å²) in [5, 5.41) is 0. The lowest BCUT2D eigenvalue weighted by Gasteiger charge is -2.08. The van der Waals surface area contributed by atoms with Crippen molar-refractivity contribution in [1.82, 2.24) is 4.98 Å². The Morgan fingerprint density at radius 3 is 2.83 bits per heavy atom. The van der Waals surface area contributed by atoms with Gasteiger partial charge in [-0.2, -0.15) is 0 Å². The summed E-state index contributed by atoms with van der Waals surface area (Å²) in [5.74, 6) is -0.419. The fraction of sp³-hybridized carbons (Fsp3) is 0. The van der Waals surface area contributed by atoms with E-state index >= 15 is 0 Å². The van der Waals surface area contributed by atoms with Gasteiger partial charge in [0.1, 0.15) is 23.0 Å². The number of rotatable bonds is 3. The number of hydrogen-bond donors (Lipinski definition) is 1. The Morgan fingerprint density at radius 1 is 1.33 bits per heavy atom. The number of nitrogens with zero attached hydrogens (tertiary/aromatic N) is 1. The number of amides is 1. The van der Waals surface area contributed by atoms with Crippen molar-refractivity contribution in [2.45, 2.75) is 0 Å². The van der Waals surface area contributed by atoms with Crippen LogP contribution in [0.5, 0.6) is 11.5 Å². The van der Waals surface area contributed by atoms with E-state index in [0.29, 0.717) is 16.0 Å².